The zero-order chi connectivity index (χ0) is 16.2. The van der Waals surface area contributed by atoms with E-state index in [1.165, 1.54) is 0 Å². The van der Waals surface area contributed by atoms with Gasteiger partial charge in [0.25, 0.3) is 0 Å². The zero-order valence-corrected chi connectivity index (χ0v) is 15.1. The highest BCUT2D eigenvalue weighted by atomic mass is 79.9. The lowest BCUT2D eigenvalue weighted by molar-refractivity contribution is -0.119. The van der Waals surface area contributed by atoms with Crippen molar-refractivity contribution >= 4 is 37.5 Å². The van der Waals surface area contributed by atoms with E-state index in [9.17, 15) is 13.2 Å². The fraction of sp³-hybridized carbons (Fsp3) is 0.500. The molecule has 21 heavy (non-hydrogen) atoms. The first-order valence-electron chi connectivity index (χ1n) is 6.62. The number of carbonyl (C=O) groups excluding carboxylic acids is 1. The monoisotopic (exact) mass is 376 g/mol. The van der Waals surface area contributed by atoms with Gasteiger partial charge in [-0.15, -0.1) is 0 Å². The Morgan fingerprint density at radius 3 is 2.48 bits per heavy atom. The summed E-state index contributed by atoms with van der Waals surface area (Å²) in [7, 11) is -3.54. The number of nitrogens with one attached hydrogen (secondary N) is 1. The molecule has 0 unspecified atom stereocenters. The van der Waals surface area contributed by atoms with E-state index in [-0.39, 0.29) is 12.5 Å². The van der Waals surface area contributed by atoms with Crippen molar-refractivity contribution in [2.75, 3.05) is 23.7 Å². The van der Waals surface area contributed by atoms with E-state index in [4.69, 9.17) is 0 Å². The molecule has 118 valence electrons. The summed E-state index contributed by atoms with van der Waals surface area (Å²) >= 11 is 3.35. The van der Waals surface area contributed by atoms with Crippen molar-refractivity contribution in [3.8, 4) is 0 Å². The van der Waals surface area contributed by atoms with Crippen molar-refractivity contribution in [1.29, 1.82) is 0 Å². The third-order valence-corrected chi connectivity index (χ3v) is 4.53. The first kappa shape index (κ1) is 18.0. The van der Waals surface area contributed by atoms with E-state index in [2.05, 4.69) is 21.2 Å². The van der Waals surface area contributed by atoms with E-state index >= 15 is 0 Å². The second-order valence-electron chi connectivity index (χ2n) is 5.42. The van der Waals surface area contributed by atoms with Gasteiger partial charge < -0.3 is 5.32 Å². The number of hydrogen-bond donors (Lipinski definition) is 1. The van der Waals surface area contributed by atoms with Crippen LogP contribution in [0.5, 0.6) is 0 Å². The SMILES string of the molecule is Cc1ccc(N(CC(=O)NCC(C)C)S(C)(=O)=O)c(Br)c1. The summed E-state index contributed by atoms with van der Waals surface area (Å²) in [6.45, 7) is 6.16. The molecule has 0 fully saturated rings. The Kier molecular flexibility index (Phi) is 6.22. The van der Waals surface area contributed by atoms with Gasteiger partial charge in [0.05, 0.1) is 11.9 Å². The van der Waals surface area contributed by atoms with E-state index in [0.29, 0.717) is 22.6 Å². The Morgan fingerprint density at radius 1 is 1.38 bits per heavy atom. The molecule has 0 heterocycles. The van der Waals surface area contributed by atoms with Gasteiger partial charge in [-0.1, -0.05) is 19.9 Å². The molecule has 1 aromatic rings. The lowest BCUT2D eigenvalue weighted by atomic mass is 10.2. The Morgan fingerprint density at radius 2 is 2.00 bits per heavy atom. The van der Waals surface area contributed by atoms with Crippen molar-refractivity contribution in [3.63, 3.8) is 0 Å². The predicted molar refractivity (Wildman–Crippen MR) is 88.9 cm³/mol. The first-order chi connectivity index (χ1) is 9.61. The van der Waals surface area contributed by atoms with Crippen LogP contribution in [0.15, 0.2) is 22.7 Å². The predicted octanol–water partition coefficient (Wildman–Crippen LogP) is 2.30. The molecule has 0 aliphatic carbocycles. The molecule has 7 heteroatoms. The van der Waals surface area contributed by atoms with Crippen LogP contribution in [0.3, 0.4) is 0 Å². The summed E-state index contributed by atoms with van der Waals surface area (Å²) in [5.41, 5.74) is 1.46. The molecule has 5 nitrogen and oxygen atoms in total. The number of hydrogen-bond acceptors (Lipinski definition) is 3. The molecule has 0 aliphatic heterocycles. The van der Waals surface area contributed by atoms with Gasteiger partial charge in [-0.25, -0.2) is 8.42 Å². The lowest BCUT2D eigenvalue weighted by Gasteiger charge is -2.23. The Hall–Kier alpha value is -1.08. The minimum Gasteiger partial charge on any atom is -0.354 e. The number of amides is 1. The normalized spacial score (nSPS) is 11.5. The number of carbonyl (C=O) groups is 1. The summed E-state index contributed by atoms with van der Waals surface area (Å²) in [5, 5.41) is 2.72. The highest BCUT2D eigenvalue weighted by Crippen LogP contribution is 2.28. The van der Waals surface area contributed by atoms with Crippen molar-refractivity contribution in [3.05, 3.63) is 28.2 Å². The second kappa shape index (κ2) is 7.26. The molecule has 0 saturated heterocycles. The minimum absolute atomic E-state index is 0.229. The van der Waals surface area contributed by atoms with E-state index < -0.39 is 10.0 Å². The number of sulfonamides is 1. The second-order valence-corrected chi connectivity index (χ2v) is 8.18. The Labute approximate surface area is 134 Å². The smallest absolute Gasteiger partial charge is 0.240 e. The molecule has 1 amide bonds. The molecule has 1 aromatic carbocycles. The van der Waals surface area contributed by atoms with Crippen LogP contribution in [-0.4, -0.2) is 33.7 Å². The summed E-state index contributed by atoms with van der Waals surface area (Å²) in [6.07, 6.45) is 1.09. The standard InChI is InChI=1S/C14H21BrN2O3S/c1-10(2)8-16-14(18)9-17(21(4,19)20)13-6-5-11(3)7-12(13)15/h5-7,10H,8-9H2,1-4H3,(H,16,18). The largest absolute Gasteiger partial charge is 0.354 e. The van der Waals surface area contributed by atoms with Crippen LogP contribution >= 0.6 is 15.9 Å². The molecule has 0 atom stereocenters. The highest BCUT2D eigenvalue weighted by molar-refractivity contribution is 9.10. The molecular formula is C14H21BrN2O3S. The molecule has 1 rings (SSSR count). The van der Waals surface area contributed by atoms with E-state index in [1.54, 1.807) is 6.07 Å². The van der Waals surface area contributed by atoms with Gasteiger partial charge in [-0.05, 0) is 46.5 Å². The van der Waals surface area contributed by atoms with Gasteiger partial charge in [-0.3, -0.25) is 9.10 Å². The van der Waals surface area contributed by atoms with Crippen LogP contribution in [-0.2, 0) is 14.8 Å². The summed E-state index contributed by atoms with van der Waals surface area (Å²) in [5.74, 6) is -0.00616. The lowest BCUT2D eigenvalue weighted by Crippen LogP contribution is -2.41. The summed E-state index contributed by atoms with van der Waals surface area (Å²) < 4.78 is 25.7. The third kappa shape index (κ3) is 5.67. The molecule has 0 radical (unpaired) electrons. The molecular weight excluding hydrogens is 356 g/mol. The van der Waals surface area contributed by atoms with Crippen molar-refractivity contribution in [2.45, 2.75) is 20.8 Å². The number of rotatable bonds is 6. The highest BCUT2D eigenvalue weighted by Gasteiger charge is 2.22. The molecule has 0 spiro atoms. The number of halogens is 1. The average Bonchev–Trinajstić information content (AvgIpc) is 2.33. The molecule has 0 bridgehead atoms. The van der Waals surface area contributed by atoms with Gasteiger partial charge in [0.1, 0.15) is 6.54 Å². The van der Waals surface area contributed by atoms with Crippen LogP contribution in [0.2, 0.25) is 0 Å². The molecule has 1 N–H and O–H groups in total. The van der Waals surface area contributed by atoms with Gasteiger partial charge in [0, 0.05) is 11.0 Å². The fourth-order valence-electron chi connectivity index (χ4n) is 1.70. The Bertz CT molecular complexity index is 615. The zero-order valence-electron chi connectivity index (χ0n) is 12.7. The third-order valence-electron chi connectivity index (χ3n) is 2.77. The van der Waals surface area contributed by atoms with Crippen LogP contribution in [0.4, 0.5) is 5.69 Å². The quantitative estimate of drug-likeness (QED) is 0.827. The number of nitrogens with zero attached hydrogens (tertiary/aromatic N) is 1. The fourth-order valence-corrected chi connectivity index (χ4v) is 3.39. The van der Waals surface area contributed by atoms with Crippen molar-refractivity contribution in [1.82, 2.24) is 5.32 Å². The Balaban J connectivity index is 3.00. The average molecular weight is 377 g/mol. The van der Waals surface area contributed by atoms with Crippen molar-refractivity contribution in [2.24, 2.45) is 5.92 Å². The number of aryl methyl sites for hydroxylation is 1. The van der Waals surface area contributed by atoms with Gasteiger partial charge in [0.15, 0.2) is 0 Å². The van der Waals surface area contributed by atoms with Crippen molar-refractivity contribution < 1.29 is 13.2 Å². The number of benzene rings is 1. The van der Waals surface area contributed by atoms with E-state index in [0.717, 1.165) is 16.1 Å². The first-order valence-corrected chi connectivity index (χ1v) is 9.26. The summed E-state index contributed by atoms with van der Waals surface area (Å²) in [4.78, 5) is 11.9. The van der Waals surface area contributed by atoms with E-state index in [1.807, 2.05) is 32.9 Å². The van der Waals surface area contributed by atoms with Gasteiger partial charge in [0.2, 0.25) is 15.9 Å². The molecule has 0 saturated carbocycles. The maximum absolute atomic E-state index is 12.0. The summed E-state index contributed by atoms with van der Waals surface area (Å²) in [6, 6.07) is 5.32. The van der Waals surface area contributed by atoms with Crippen LogP contribution < -0.4 is 9.62 Å². The number of anilines is 1. The maximum Gasteiger partial charge on any atom is 0.240 e. The minimum atomic E-state index is -3.54. The topological polar surface area (TPSA) is 66.5 Å². The molecule has 0 aromatic heterocycles. The van der Waals surface area contributed by atoms with Crippen LogP contribution in [0.25, 0.3) is 0 Å². The van der Waals surface area contributed by atoms with Gasteiger partial charge >= 0.3 is 0 Å². The van der Waals surface area contributed by atoms with Gasteiger partial charge in [-0.2, -0.15) is 0 Å². The maximum atomic E-state index is 12.0. The molecule has 0 aliphatic rings. The van der Waals surface area contributed by atoms with Crippen LogP contribution in [0, 0.1) is 12.8 Å². The van der Waals surface area contributed by atoms with Crippen LogP contribution in [0.1, 0.15) is 19.4 Å².